The molecule has 0 saturated carbocycles. The third-order valence-electron chi connectivity index (χ3n) is 1.54. The van der Waals surface area contributed by atoms with Crippen LogP contribution in [0.1, 0.15) is 5.82 Å². The van der Waals surface area contributed by atoms with E-state index in [4.69, 9.17) is 11.5 Å². The van der Waals surface area contributed by atoms with E-state index in [1.165, 1.54) is 11.3 Å². The number of hydrogen-bond acceptors (Lipinski definition) is 5. The zero-order valence-corrected chi connectivity index (χ0v) is 8.75. The first-order chi connectivity index (χ1) is 7.15. The van der Waals surface area contributed by atoms with E-state index in [-0.39, 0.29) is 5.96 Å². The molecule has 2 heterocycles. The molecule has 78 valence electrons. The van der Waals surface area contributed by atoms with Crippen molar-refractivity contribution in [1.82, 2.24) is 20.2 Å². The van der Waals surface area contributed by atoms with E-state index in [1.807, 2.05) is 6.92 Å². The number of hydrogen-bond donors (Lipinski definition) is 3. The molecule has 0 amide bonds. The lowest BCUT2D eigenvalue weighted by Crippen LogP contribution is -2.21. The number of nitrogens with two attached hydrogens (primary N) is 2. The predicted octanol–water partition coefficient (Wildman–Crippen LogP) is 0.142. The molecule has 0 atom stereocenters. The van der Waals surface area contributed by atoms with Gasteiger partial charge < -0.3 is 11.5 Å². The molecule has 0 radical (unpaired) electrons. The molecule has 0 bridgehead atoms. The Balaban J connectivity index is 2.31. The molecular weight excluding hydrogens is 214 g/mol. The first-order valence-electron chi connectivity index (χ1n) is 4.09. The molecule has 2 aromatic rings. The average molecular weight is 223 g/mol. The Morgan fingerprint density at radius 2 is 2.27 bits per heavy atom. The molecule has 0 aromatic carbocycles. The fourth-order valence-corrected chi connectivity index (χ4v) is 1.67. The minimum Gasteiger partial charge on any atom is -0.370 e. The van der Waals surface area contributed by atoms with Gasteiger partial charge in [0.1, 0.15) is 11.5 Å². The summed E-state index contributed by atoms with van der Waals surface area (Å²) in [5, 5.41) is 9.00. The summed E-state index contributed by atoms with van der Waals surface area (Å²) in [6.07, 6.45) is 0. The van der Waals surface area contributed by atoms with Crippen LogP contribution in [0.25, 0.3) is 11.5 Å². The molecule has 2 aromatic heterocycles. The van der Waals surface area contributed by atoms with Crippen molar-refractivity contribution in [2.24, 2.45) is 16.5 Å². The van der Waals surface area contributed by atoms with E-state index in [9.17, 15) is 0 Å². The van der Waals surface area contributed by atoms with Crippen LogP contribution in [0.15, 0.2) is 10.4 Å². The number of nitrogens with one attached hydrogen (secondary N) is 1. The minimum absolute atomic E-state index is 0.0120. The Labute approximate surface area is 89.3 Å². The summed E-state index contributed by atoms with van der Waals surface area (Å²) >= 11 is 1.33. The van der Waals surface area contributed by atoms with Crippen molar-refractivity contribution in [2.75, 3.05) is 0 Å². The van der Waals surface area contributed by atoms with E-state index in [1.54, 1.807) is 5.38 Å². The molecule has 0 aliphatic heterocycles. The molecule has 8 heteroatoms. The van der Waals surface area contributed by atoms with E-state index < -0.39 is 0 Å². The number of aromatic nitrogens is 4. The molecule has 15 heavy (non-hydrogen) atoms. The quantitative estimate of drug-likeness (QED) is 0.494. The molecule has 0 aliphatic carbocycles. The summed E-state index contributed by atoms with van der Waals surface area (Å²) in [6, 6.07) is 0. The highest BCUT2D eigenvalue weighted by molar-refractivity contribution is 7.13. The summed E-state index contributed by atoms with van der Waals surface area (Å²) in [5.41, 5.74) is 11.1. The number of rotatable bonds is 2. The van der Waals surface area contributed by atoms with Crippen LogP contribution in [-0.2, 0) is 0 Å². The van der Waals surface area contributed by atoms with E-state index in [0.29, 0.717) is 16.6 Å². The van der Waals surface area contributed by atoms with Crippen LogP contribution in [0.3, 0.4) is 0 Å². The zero-order valence-electron chi connectivity index (χ0n) is 7.93. The van der Waals surface area contributed by atoms with Crippen molar-refractivity contribution < 1.29 is 0 Å². The molecule has 0 spiro atoms. The minimum atomic E-state index is -0.0120. The Morgan fingerprint density at radius 1 is 1.47 bits per heavy atom. The van der Waals surface area contributed by atoms with Gasteiger partial charge in [0.15, 0.2) is 5.96 Å². The van der Waals surface area contributed by atoms with Crippen LogP contribution >= 0.6 is 11.3 Å². The van der Waals surface area contributed by atoms with Gasteiger partial charge in [0, 0.05) is 5.38 Å². The molecule has 0 aliphatic rings. The maximum atomic E-state index is 5.23. The highest BCUT2D eigenvalue weighted by Gasteiger charge is 2.08. The monoisotopic (exact) mass is 223 g/mol. The van der Waals surface area contributed by atoms with Gasteiger partial charge in [0.05, 0.1) is 0 Å². The predicted molar refractivity (Wildman–Crippen MR) is 57.7 cm³/mol. The number of aryl methyl sites for hydroxylation is 1. The van der Waals surface area contributed by atoms with Gasteiger partial charge >= 0.3 is 0 Å². The van der Waals surface area contributed by atoms with Gasteiger partial charge in [-0.25, -0.2) is 9.97 Å². The SMILES string of the molecule is Cc1nc(-c2csc(N=C(N)N)n2)n[nH]1. The number of H-pyrrole nitrogens is 1. The molecule has 5 N–H and O–H groups in total. The maximum absolute atomic E-state index is 5.23. The second-order valence-corrected chi connectivity index (χ2v) is 3.63. The van der Waals surface area contributed by atoms with Gasteiger partial charge in [-0.05, 0) is 6.92 Å². The van der Waals surface area contributed by atoms with Crippen molar-refractivity contribution in [2.45, 2.75) is 6.92 Å². The van der Waals surface area contributed by atoms with Gasteiger partial charge in [0.2, 0.25) is 11.0 Å². The maximum Gasteiger partial charge on any atom is 0.212 e. The average Bonchev–Trinajstić information content (AvgIpc) is 2.72. The van der Waals surface area contributed by atoms with Crippen LogP contribution < -0.4 is 11.5 Å². The lowest BCUT2D eigenvalue weighted by molar-refractivity contribution is 1.04. The van der Waals surface area contributed by atoms with Crippen LogP contribution in [-0.4, -0.2) is 26.1 Å². The number of nitrogens with zero attached hydrogens (tertiary/aromatic N) is 4. The second kappa shape index (κ2) is 3.65. The Kier molecular flexibility index (Phi) is 2.34. The normalized spacial score (nSPS) is 10.2. The largest absolute Gasteiger partial charge is 0.370 e. The summed E-state index contributed by atoms with van der Waals surface area (Å²) in [4.78, 5) is 12.1. The molecular formula is C7H9N7S. The molecule has 2 rings (SSSR count). The molecule has 0 fully saturated rings. The van der Waals surface area contributed by atoms with Gasteiger partial charge in [-0.15, -0.1) is 11.3 Å². The highest BCUT2D eigenvalue weighted by Crippen LogP contribution is 2.23. The summed E-state index contributed by atoms with van der Waals surface area (Å²) < 4.78 is 0. The lowest BCUT2D eigenvalue weighted by atomic mass is 10.5. The van der Waals surface area contributed by atoms with Gasteiger partial charge in [-0.2, -0.15) is 10.1 Å². The zero-order chi connectivity index (χ0) is 10.8. The van der Waals surface area contributed by atoms with Crippen LogP contribution in [0.5, 0.6) is 0 Å². The van der Waals surface area contributed by atoms with Crippen molar-refractivity contribution in [3.05, 3.63) is 11.2 Å². The topological polar surface area (TPSA) is 119 Å². The molecule has 0 unspecified atom stereocenters. The number of aromatic amines is 1. The lowest BCUT2D eigenvalue weighted by Gasteiger charge is -1.86. The standard InChI is InChI=1S/C7H9N7S/c1-3-10-5(14-13-3)4-2-15-7(11-4)12-6(8)9/h2H,1H3,(H,10,13,14)(H4,8,9,11,12). The molecule has 0 saturated heterocycles. The van der Waals surface area contributed by atoms with Crippen molar-refractivity contribution in [3.8, 4) is 11.5 Å². The van der Waals surface area contributed by atoms with E-state index in [2.05, 4.69) is 25.2 Å². The van der Waals surface area contributed by atoms with Crippen molar-refractivity contribution in [1.29, 1.82) is 0 Å². The van der Waals surface area contributed by atoms with Crippen molar-refractivity contribution >= 4 is 22.4 Å². The molecule has 7 nitrogen and oxygen atoms in total. The Hall–Kier alpha value is -1.96. The third-order valence-corrected chi connectivity index (χ3v) is 2.28. The van der Waals surface area contributed by atoms with E-state index in [0.717, 1.165) is 5.82 Å². The third kappa shape index (κ3) is 2.10. The number of aliphatic imine (C=N–C) groups is 1. The Bertz CT molecular complexity index is 493. The van der Waals surface area contributed by atoms with Crippen molar-refractivity contribution in [3.63, 3.8) is 0 Å². The van der Waals surface area contributed by atoms with E-state index >= 15 is 0 Å². The first-order valence-corrected chi connectivity index (χ1v) is 4.97. The highest BCUT2D eigenvalue weighted by atomic mass is 32.1. The number of thiazole rings is 1. The van der Waals surface area contributed by atoms with Gasteiger partial charge in [0.25, 0.3) is 0 Å². The first kappa shape index (κ1) is 9.59. The van der Waals surface area contributed by atoms with Gasteiger partial charge in [-0.1, -0.05) is 0 Å². The summed E-state index contributed by atoms with van der Waals surface area (Å²) in [7, 11) is 0. The fraction of sp³-hybridized carbons (Fsp3) is 0.143. The summed E-state index contributed by atoms with van der Waals surface area (Å²) in [5.74, 6) is 1.27. The van der Waals surface area contributed by atoms with Crippen LogP contribution in [0.4, 0.5) is 5.13 Å². The Morgan fingerprint density at radius 3 is 2.87 bits per heavy atom. The summed E-state index contributed by atoms with van der Waals surface area (Å²) in [6.45, 7) is 1.82. The fourth-order valence-electron chi connectivity index (χ4n) is 0.986. The number of guanidine groups is 1. The second-order valence-electron chi connectivity index (χ2n) is 2.80. The van der Waals surface area contributed by atoms with Crippen LogP contribution in [0, 0.1) is 6.92 Å². The smallest absolute Gasteiger partial charge is 0.212 e. The van der Waals surface area contributed by atoms with Crippen LogP contribution in [0.2, 0.25) is 0 Å². The van der Waals surface area contributed by atoms with Gasteiger partial charge in [-0.3, -0.25) is 5.10 Å².